The van der Waals surface area contributed by atoms with Crippen LogP contribution in [-0.2, 0) is 11.8 Å². The highest BCUT2D eigenvalue weighted by molar-refractivity contribution is 5.95. The molecular formula is C16H21N5O. The highest BCUT2D eigenvalue weighted by Gasteiger charge is 2.20. The van der Waals surface area contributed by atoms with Gasteiger partial charge in [0.2, 0.25) is 5.91 Å². The summed E-state index contributed by atoms with van der Waals surface area (Å²) in [5, 5.41) is 7.25. The molecule has 1 aliphatic heterocycles. The SMILES string of the molecule is CC1CCCC(N)c2cncc(c2)-c2c(cnn2C)NC1=O. The molecule has 0 saturated carbocycles. The van der Waals surface area contributed by atoms with E-state index in [1.54, 1.807) is 17.1 Å². The van der Waals surface area contributed by atoms with Crippen LogP contribution in [0.15, 0.2) is 24.7 Å². The van der Waals surface area contributed by atoms with Gasteiger partial charge >= 0.3 is 0 Å². The van der Waals surface area contributed by atoms with Crippen LogP contribution in [0, 0.1) is 5.92 Å². The van der Waals surface area contributed by atoms with E-state index < -0.39 is 0 Å². The summed E-state index contributed by atoms with van der Waals surface area (Å²) >= 11 is 0. The van der Waals surface area contributed by atoms with Gasteiger partial charge in [0.1, 0.15) is 0 Å². The first kappa shape index (κ1) is 14.7. The molecule has 22 heavy (non-hydrogen) atoms. The molecule has 2 atom stereocenters. The molecule has 0 radical (unpaired) electrons. The number of anilines is 1. The zero-order valence-corrected chi connectivity index (χ0v) is 12.9. The van der Waals surface area contributed by atoms with Crippen LogP contribution >= 0.6 is 0 Å². The summed E-state index contributed by atoms with van der Waals surface area (Å²) in [5.41, 5.74) is 9.77. The van der Waals surface area contributed by atoms with Crippen molar-refractivity contribution >= 4 is 11.6 Å². The maximum Gasteiger partial charge on any atom is 0.227 e. The molecule has 2 unspecified atom stereocenters. The van der Waals surface area contributed by atoms with Crippen LogP contribution < -0.4 is 11.1 Å². The third-order valence-electron chi connectivity index (χ3n) is 4.26. The van der Waals surface area contributed by atoms with Gasteiger partial charge in [-0.25, -0.2) is 0 Å². The predicted octanol–water partition coefficient (Wildman–Crippen LogP) is 2.24. The Morgan fingerprint density at radius 2 is 2.14 bits per heavy atom. The molecule has 0 spiro atoms. The number of carbonyl (C=O) groups is 1. The number of hydrogen-bond acceptors (Lipinski definition) is 4. The second-order valence-corrected chi connectivity index (χ2v) is 5.97. The van der Waals surface area contributed by atoms with Gasteiger partial charge in [-0.15, -0.1) is 0 Å². The first-order valence-electron chi connectivity index (χ1n) is 7.60. The molecule has 1 aliphatic rings. The Labute approximate surface area is 129 Å². The fraction of sp³-hybridized carbons (Fsp3) is 0.438. The molecule has 3 heterocycles. The van der Waals surface area contributed by atoms with E-state index in [0.717, 1.165) is 36.1 Å². The van der Waals surface area contributed by atoms with Gasteiger partial charge in [0.05, 0.1) is 17.6 Å². The third kappa shape index (κ3) is 2.74. The van der Waals surface area contributed by atoms with Crippen LogP contribution in [0.3, 0.4) is 0 Å². The predicted molar refractivity (Wildman–Crippen MR) is 85.0 cm³/mol. The largest absolute Gasteiger partial charge is 0.324 e. The average Bonchev–Trinajstić information content (AvgIpc) is 2.87. The number of nitrogens with zero attached hydrogens (tertiary/aromatic N) is 3. The maximum absolute atomic E-state index is 12.3. The Balaban J connectivity index is 2.10. The molecule has 0 saturated heterocycles. The van der Waals surface area contributed by atoms with Crippen molar-refractivity contribution < 1.29 is 4.79 Å². The number of pyridine rings is 1. The Morgan fingerprint density at radius 1 is 1.32 bits per heavy atom. The van der Waals surface area contributed by atoms with Gasteiger partial charge in [0, 0.05) is 37.0 Å². The van der Waals surface area contributed by atoms with E-state index in [4.69, 9.17) is 5.73 Å². The van der Waals surface area contributed by atoms with Crippen LogP contribution in [0.25, 0.3) is 11.3 Å². The maximum atomic E-state index is 12.3. The summed E-state index contributed by atoms with van der Waals surface area (Å²) in [7, 11) is 1.85. The smallest absolute Gasteiger partial charge is 0.227 e. The van der Waals surface area contributed by atoms with Gasteiger partial charge in [-0.05, 0) is 24.5 Å². The van der Waals surface area contributed by atoms with Crippen LogP contribution in [0.2, 0.25) is 0 Å². The van der Waals surface area contributed by atoms with Gasteiger partial charge in [0.15, 0.2) is 0 Å². The van der Waals surface area contributed by atoms with Crippen molar-refractivity contribution in [2.75, 3.05) is 5.32 Å². The normalized spacial score (nSPS) is 22.2. The summed E-state index contributed by atoms with van der Waals surface area (Å²) in [4.78, 5) is 16.6. The summed E-state index contributed by atoms with van der Waals surface area (Å²) < 4.78 is 1.75. The molecule has 2 bridgehead atoms. The average molecular weight is 299 g/mol. The molecule has 6 nitrogen and oxygen atoms in total. The summed E-state index contributed by atoms with van der Waals surface area (Å²) in [6.45, 7) is 1.95. The lowest BCUT2D eigenvalue weighted by atomic mass is 9.96. The van der Waals surface area contributed by atoms with Crippen LogP contribution in [0.1, 0.15) is 37.8 Å². The van der Waals surface area contributed by atoms with Crippen molar-refractivity contribution in [3.63, 3.8) is 0 Å². The number of nitrogens with two attached hydrogens (primary N) is 1. The summed E-state index contributed by atoms with van der Waals surface area (Å²) in [6.07, 6.45) is 7.86. The second kappa shape index (κ2) is 5.88. The number of fused-ring (bicyclic) bond motifs is 4. The van der Waals surface area contributed by atoms with E-state index in [1.165, 1.54) is 0 Å². The first-order valence-corrected chi connectivity index (χ1v) is 7.60. The van der Waals surface area contributed by atoms with E-state index >= 15 is 0 Å². The quantitative estimate of drug-likeness (QED) is 0.781. The number of carbonyl (C=O) groups excluding carboxylic acids is 1. The lowest BCUT2D eigenvalue weighted by molar-refractivity contribution is -0.119. The topological polar surface area (TPSA) is 85.8 Å². The molecule has 2 aromatic rings. The zero-order valence-electron chi connectivity index (χ0n) is 12.9. The minimum atomic E-state index is -0.0567. The molecular weight excluding hydrogens is 278 g/mol. The van der Waals surface area contributed by atoms with Gasteiger partial charge in [-0.3, -0.25) is 14.5 Å². The van der Waals surface area contributed by atoms with E-state index in [1.807, 2.05) is 26.2 Å². The van der Waals surface area contributed by atoms with E-state index in [0.29, 0.717) is 5.69 Å². The van der Waals surface area contributed by atoms with Crippen molar-refractivity contribution in [2.45, 2.75) is 32.2 Å². The highest BCUT2D eigenvalue weighted by Crippen LogP contribution is 2.30. The minimum Gasteiger partial charge on any atom is -0.324 e. The molecule has 1 amide bonds. The first-order chi connectivity index (χ1) is 10.6. The number of aromatic nitrogens is 3. The van der Waals surface area contributed by atoms with Gasteiger partial charge in [-0.2, -0.15) is 5.10 Å². The minimum absolute atomic E-state index is 0.0208. The number of nitrogens with one attached hydrogen (secondary N) is 1. The lowest BCUT2D eigenvalue weighted by Gasteiger charge is -2.18. The van der Waals surface area contributed by atoms with Gasteiger partial charge < -0.3 is 11.1 Å². The molecule has 0 aliphatic carbocycles. The molecule has 2 aromatic heterocycles. The number of rotatable bonds is 0. The van der Waals surface area contributed by atoms with Crippen molar-refractivity contribution in [1.82, 2.24) is 14.8 Å². The molecule has 3 rings (SSSR count). The molecule has 116 valence electrons. The Morgan fingerprint density at radius 3 is 2.95 bits per heavy atom. The summed E-state index contributed by atoms with van der Waals surface area (Å²) in [6, 6.07) is 1.98. The second-order valence-electron chi connectivity index (χ2n) is 5.97. The van der Waals surface area contributed by atoms with Gasteiger partial charge in [0.25, 0.3) is 0 Å². The third-order valence-corrected chi connectivity index (χ3v) is 4.26. The van der Waals surface area contributed by atoms with Crippen LogP contribution in [0.4, 0.5) is 5.69 Å². The van der Waals surface area contributed by atoms with Crippen molar-refractivity contribution in [2.24, 2.45) is 18.7 Å². The Bertz CT molecular complexity index is 694. The van der Waals surface area contributed by atoms with E-state index in [2.05, 4.69) is 15.4 Å². The molecule has 6 heteroatoms. The number of aryl methyl sites for hydroxylation is 1. The molecule has 3 N–H and O–H groups in total. The monoisotopic (exact) mass is 299 g/mol. The van der Waals surface area contributed by atoms with Gasteiger partial charge in [-0.1, -0.05) is 13.3 Å². The molecule has 0 aromatic carbocycles. The van der Waals surface area contributed by atoms with E-state index in [9.17, 15) is 4.79 Å². The fourth-order valence-corrected chi connectivity index (χ4v) is 2.86. The standard InChI is InChI=1S/C16H21N5O/c1-10-4-3-5-13(17)11-6-12(8-18-7-11)15-14(20-16(10)22)9-19-21(15)2/h6-10,13H,3-5,17H2,1-2H3,(H,20,22). The Kier molecular flexibility index (Phi) is 3.94. The Hall–Kier alpha value is -2.21. The highest BCUT2D eigenvalue weighted by atomic mass is 16.1. The lowest BCUT2D eigenvalue weighted by Crippen LogP contribution is -2.21. The van der Waals surface area contributed by atoms with Crippen LogP contribution in [-0.4, -0.2) is 20.7 Å². The zero-order chi connectivity index (χ0) is 15.7. The van der Waals surface area contributed by atoms with Crippen LogP contribution in [0.5, 0.6) is 0 Å². The van der Waals surface area contributed by atoms with Crippen molar-refractivity contribution in [3.8, 4) is 11.3 Å². The molecule has 0 fully saturated rings. The van der Waals surface area contributed by atoms with E-state index in [-0.39, 0.29) is 17.9 Å². The fourth-order valence-electron chi connectivity index (χ4n) is 2.86. The van der Waals surface area contributed by atoms with Crippen molar-refractivity contribution in [1.29, 1.82) is 0 Å². The number of amides is 1. The number of hydrogen-bond donors (Lipinski definition) is 2. The summed E-state index contributed by atoms with van der Waals surface area (Å²) in [5.74, 6) is -0.0244. The van der Waals surface area contributed by atoms with Crippen molar-refractivity contribution in [3.05, 3.63) is 30.2 Å².